The van der Waals surface area contributed by atoms with Crippen LogP contribution < -0.4 is 0 Å². The van der Waals surface area contributed by atoms with Gasteiger partial charge in [-0.1, -0.05) is 12.2 Å². The molecule has 0 spiro atoms. The third-order valence-electron chi connectivity index (χ3n) is 1.43. The van der Waals surface area contributed by atoms with Crippen molar-refractivity contribution in [2.24, 2.45) is 0 Å². The Morgan fingerprint density at radius 3 is 2.29 bits per heavy atom. The molecule has 0 heterocycles. The lowest BCUT2D eigenvalue weighted by atomic mass is 10.2. The molecule has 10 heteroatoms. The Hall–Kier alpha value is -0.300. The van der Waals surface area contributed by atoms with Gasteiger partial charge in [-0.25, -0.2) is 9.13 Å². The number of aliphatic hydroxyl groups is 1. The Balaban J connectivity index is 4.32. The Morgan fingerprint density at radius 1 is 1.29 bits per heavy atom. The van der Waals surface area contributed by atoms with Crippen LogP contribution in [0.4, 0.5) is 0 Å². The molecule has 1 atom stereocenters. The van der Waals surface area contributed by atoms with Gasteiger partial charge in [0.05, 0.1) is 13.2 Å². The highest BCUT2D eigenvalue weighted by molar-refractivity contribution is 7.60. The predicted molar refractivity (Wildman–Crippen MR) is 58.9 cm³/mol. The van der Waals surface area contributed by atoms with Gasteiger partial charge in [-0.15, -0.1) is 6.58 Å². The summed E-state index contributed by atoms with van der Waals surface area (Å²) in [6.45, 7) is 2.71. The first-order chi connectivity index (χ1) is 7.70. The van der Waals surface area contributed by atoms with Gasteiger partial charge in [-0.2, -0.15) is 4.31 Å². The summed E-state index contributed by atoms with van der Waals surface area (Å²) >= 11 is 0. The molecular weight excluding hydrogens is 274 g/mol. The molecule has 0 aromatic heterocycles. The first-order valence-electron chi connectivity index (χ1n) is 4.34. The van der Waals surface area contributed by atoms with Crippen molar-refractivity contribution in [2.45, 2.75) is 6.42 Å². The van der Waals surface area contributed by atoms with Crippen molar-refractivity contribution in [1.29, 1.82) is 0 Å². The number of phosphoric ester groups is 1. The SMILES string of the molecule is C=CC/C(=C\COP(=O)(O)OP(=O)(O)O)CO. The average Bonchev–Trinajstić information content (AvgIpc) is 2.12. The Morgan fingerprint density at radius 2 is 1.88 bits per heavy atom. The molecule has 0 aliphatic heterocycles. The topological polar surface area (TPSA) is 134 Å². The minimum Gasteiger partial charge on any atom is -0.392 e. The second kappa shape index (κ2) is 7.20. The molecule has 0 bridgehead atoms. The van der Waals surface area contributed by atoms with Gasteiger partial charge in [0, 0.05) is 0 Å². The van der Waals surface area contributed by atoms with Gasteiger partial charge in [0.15, 0.2) is 0 Å². The van der Waals surface area contributed by atoms with Crippen molar-refractivity contribution >= 4 is 15.6 Å². The number of hydrogen-bond donors (Lipinski definition) is 4. The molecule has 100 valence electrons. The van der Waals surface area contributed by atoms with Crippen molar-refractivity contribution in [1.82, 2.24) is 0 Å². The van der Waals surface area contributed by atoms with Crippen molar-refractivity contribution in [3.05, 3.63) is 24.3 Å². The molecule has 4 N–H and O–H groups in total. The highest BCUT2D eigenvalue weighted by atomic mass is 31.3. The summed E-state index contributed by atoms with van der Waals surface area (Å²) < 4.78 is 29.1. The maximum absolute atomic E-state index is 11.0. The van der Waals surface area contributed by atoms with Gasteiger partial charge >= 0.3 is 15.6 Å². The first-order valence-corrected chi connectivity index (χ1v) is 7.36. The molecule has 0 amide bonds. The fraction of sp³-hybridized carbons (Fsp3) is 0.429. The third kappa shape index (κ3) is 9.41. The van der Waals surface area contributed by atoms with E-state index in [0.717, 1.165) is 0 Å². The van der Waals surface area contributed by atoms with Crippen molar-refractivity contribution < 1.29 is 37.8 Å². The van der Waals surface area contributed by atoms with E-state index in [1.54, 1.807) is 0 Å². The zero-order chi connectivity index (χ0) is 13.5. The molecule has 0 fully saturated rings. The largest absolute Gasteiger partial charge is 0.481 e. The number of rotatable bonds is 8. The summed E-state index contributed by atoms with van der Waals surface area (Å²) in [5.74, 6) is 0. The van der Waals surface area contributed by atoms with Crippen molar-refractivity contribution in [3.8, 4) is 0 Å². The Labute approximate surface area is 98.1 Å². The lowest BCUT2D eigenvalue weighted by molar-refractivity contribution is 0.190. The average molecular weight is 288 g/mol. The van der Waals surface area contributed by atoms with E-state index in [1.165, 1.54) is 12.2 Å². The highest BCUT2D eigenvalue weighted by Gasteiger charge is 2.31. The van der Waals surface area contributed by atoms with Crippen LogP contribution in [-0.4, -0.2) is 33.0 Å². The zero-order valence-electron chi connectivity index (χ0n) is 8.80. The van der Waals surface area contributed by atoms with Crippen molar-refractivity contribution in [2.75, 3.05) is 13.2 Å². The monoisotopic (exact) mass is 288 g/mol. The van der Waals surface area contributed by atoms with Gasteiger partial charge in [0.1, 0.15) is 0 Å². The lowest BCUT2D eigenvalue weighted by Crippen LogP contribution is -1.96. The normalized spacial score (nSPS) is 16.6. The quantitative estimate of drug-likeness (QED) is 0.379. The summed E-state index contributed by atoms with van der Waals surface area (Å²) in [4.78, 5) is 25.5. The number of aliphatic hydroxyl groups excluding tert-OH is 1. The smallest absolute Gasteiger partial charge is 0.392 e. The summed E-state index contributed by atoms with van der Waals surface area (Å²) in [5, 5.41) is 8.81. The van der Waals surface area contributed by atoms with Gasteiger partial charge in [-0.05, 0) is 12.0 Å². The minimum atomic E-state index is -5.10. The second-order valence-electron chi connectivity index (χ2n) is 2.85. The molecule has 0 saturated carbocycles. The molecule has 17 heavy (non-hydrogen) atoms. The number of hydrogen-bond acceptors (Lipinski definition) is 5. The molecule has 0 aromatic carbocycles. The Kier molecular flexibility index (Phi) is 7.08. The standard InChI is InChI=1S/C7H14O8P2/c1-2-3-7(6-8)4-5-14-17(12,13)15-16(9,10)11/h2,4,8H,1,3,5-6H2,(H,12,13)(H2,9,10,11)/b7-4+. The van der Waals surface area contributed by atoms with E-state index in [0.29, 0.717) is 12.0 Å². The van der Waals surface area contributed by atoms with Crippen LogP contribution in [0.2, 0.25) is 0 Å². The molecule has 0 radical (unpaired) electrons. The fourth-order valence-electron chi connectivity index (χ4n) is 0.805. The highest BCUT2D eigenvalue weighted by Crippen LogP contribution is 2.57. The van der Waals surface area contributed by atoms with Gasteiger partial charge in [0.25, 0.3) is 0 Å². The number of allylic oxidation sites excluding steroid dienone is 1. The molecule has 8 nitrogen and oxygen atoms in total. The maximum atomic E-state index is 11.0. The first kappa shape index (κ1) is 16.7. The van der Waals surface area contributed by atoms with E-state index in [2.05, 4.69) is 15.4 Å². The van der Waals surface area contributed by atoms with Crippen LogP contribution >= 0.6 is 15.6 Å². The van der Waals surface area contributed by atoms with Crippen LogP contribution in [0.1, 0.15) is 6.42 Å². The molecule has 1 unspecified atom stereocenters. The summed E-state index contributed by atoms with van der Waals surface area (Å²) in [6.07, 6.45) is 3.15. The van der Waals surface area contributed by atoms with Crippen LogP contribution in [0.3, 0.4) is 0 Å². The summed E-state index contributed by atoms with van der Waals surface area (Å²) in [6, 6.07) is 0. The van der Waals surface area contributed by atoms with E-state index in [1.807, 2.05) is 0 Å². The predicted octanol–water partition coefficient (Wildman–Crippen LogP) is 0.707. The number of phosphoric acid groups is 2. The van der Waals surface area contributed by atoms with E-state index in [-0.39, 0.29) is 6.61 Å². The molecule has 0 aromatic rings. The van der Waals surface area contributed by atoms with Crippen LogP contribution in [0.25, 0.3) is 0 Å². The van der Waals surface area contributed by atoms with Gasteiger partial charge < -0.3 is 19.8 Å². The summed E-state index contributed by atoms with van der Waals surface area (Å²) in [7, 11) is -9.91. The minimum absolute atomic E-state index is 0.287. The molecule has 0 rings (SSSR count). The van der Waals surface area contributed by atoms with Crippen LogP contribution in [0.5, 0.6) is 0 Å². The maximum Gasteiger partial charge on any atom is 0.481 e. The molecular formula is C7H14O8P2. The lowest BCUT2D eigenvalue weighted by Gasteiger charge is -2.11. The Bertz CT molecular complexity index is 370. The molecule has 0 saturated heterocycles. The van der Waals surface area contributed by atoms with Crippen LogP contribution in [-0.2, 0) is 18.0 Å². The van der Waals surface area contributed by atoms with Gasteiger partial charge in [0.2, 0.25) is 0 Å². The van der Waals surface area contributed by atoms with Crippen molar-refractivity contribution in [3.63, 3.8) is 0 Å². The fourth-order valence-corrected chi connectivity index (χ4v) is 2.33. The zero-order valence-corrected chi connectivity index (χ0v) is 10.6. The second-order valence-corrected chi connectivity index (χ2v) is 5.68. The molecule has 0 aliphatic rings. The van der Waals surface area contributed by atoms with E-state index >= 15 is 0 Å². The van der Waals surface area contributed by atoms with E-state index in [9.17, 15) is 9.13 Å². The van der Waals surface area contributed by atoms with E-state index < -0.39 is 22.3 Å². The molecule has 0 aliphatic carbocycles. The third-order valence-corrected chi connectivity index (χ3v) is 3.58. The van der Waals surface area contributed by atoms with E-state index in [4.69, 9.17) is 19.8 Å². The van der Waals surface area contributed by atoms with Gasteiger partial charge in [-0.3, -0.25) is 4.52 Å². The summed E-state index contributed by atoms with van der Waals surface area (Å²) in [5.41, 5.74) is 0.483. The van der Waals surface area contributed by atoms with Crippen LogP contribution in [0, 0.1) is 0 Å². The van der Waals surface area contributed by atoms with Crippen LogP contribution in [0.15, 0.2) is 24.3 Å².